The molecule has 0 aliphatic carbocycles. The molecule has 1 unspecified atom stereocenters. The average molecular weight is 296 g/mol. The maximum Gasteiger partial charge on any atom is 0.338 e. The van der Waals surface area contributed by atoms with Crippen molar-refractivity contribution >= 4 is 5.97 Å². The predicted molar refractivity (Wildman–Crippen MR) is 81.3 cm³/mol. The molecule has 1 aromatic carbocycles. The number of quaternary nitrogens is 1. The Morgan fingerprint density at radius 2 is 1.76 bits per heavy atom. The lowest BCUT2D eigenvalue weighted by Gasteiger charge is -2.28. The average Bonchev–Trinajstić information content (AvgIpc) is 2.45. The molecule has 0 radical (unpaired) electrons. The summed E-state index contributed by atoms with van der Waals surface area (Å²) in [6.45, 7) is 7.61. The lowest BCUT2D eigenvalue weighted by Crippen LogP contribution is -3.16. The van der Waals surface area contributed by atoms with Crippen molar-refractivity contribution in [2.45, 2.75) is 26.3 Å². The van der Waals surface area contributed by atoms with Crippen molar-refractivity contribution < 1.29 is 23.9 Å². The number of hydrogen-bond acceptors (Lipinski definition) is 4. The van der Waals surface area contributed by atoms with Crippen molar-refractivity contribution in [3.8, 4) is 11.5 Å². The van der Waals surface area contributed by atoms with Crippen LogP contribution in [0.25, 0.3) is 0 Å². The number of nitrogens with one attached hydrogen (secondary N) is 1. The van der Waals surface area contributed by atoms with E-state index in [9.17, 15) is 4.79 Å². The Bertz CT molecular complexity index is 480. The lowest BCUT2D eigenvalue weighted by atomic mass is 10.1. The van der Waals surface area contributed by atoms with Gasteiger partial charge < -0.3 is 19.1 Å². The summed E-state index contributed by atoms with van der Waals surface area (Å²) in [4.78, 5) is 13.3. The molecule has 0 aliphatic heterocycles. The number of benzene rings is 1. The van der Waals surface area contributed by atoms with Crippen LogP contribution in [0.2, 0.25) is 0 Å². The van der Waals surface area contributed by atoms with Gasteiger partial charge in [-0.1, -0.05) is 0 Å². The summed E-state index contributed by atoms with van der Waals surface area (Å²) in [6, 6.07) is 4.99. The molecule has 1 aromatic rings. The molecule has 0 saturated heterocycles. The first-order chi connectivity index (χ1) is 9.79. The Hall–Kier alpha value is -1.75. The molecule has 1 rings (SSSR count). The normalized spacial score (nSPS) is 12.7. The summed E-state index contributed by atoms with van der Waals surface area (Å²) in [5, 5.41) is 0. The summed E-state index contributed by atoms with van der Waals surface area (Å²) in [7, 11) is 5.18. The second kappa shape index (κ2) is 7.31. The number of carbonyl (C=O) groups is 1. The molecule has 1 N–H and O–H groups in total. The van der Waals surface area contributed by atoms with Crippen LogP contribution in [0.4, 0.5) is 0 Å². The molecule has 0 spiro atoms. The molecule has 0 aromatic heterocycles. The first-order valence-corrected chi connectivity index (χ1v) is 7.01. The monoisotopic (exact) mass is 296 g/mol. The van der Waals surface area contributed by atoms with Crippen LogP contribution < -0.4 is 14.4 Å². The van der Waals surface area contributed by atoms with Gasteiger partial charge in [0.2, 0.25) is 0 Å². The van der Waals surface area contributed by atoms with Gasteiger partial charge in [-0.25, -0.2) is 4.79 Å². The van der Waals surface area contributed by atoms with E-state index < -0.39 is 0 Å². The van der Waals surface area contributed by atoms with E-state index in [1.165, 1.54) is 12.0 Å². The summed E-state index contributed by atoms with van der Waals surface area (Å²) < 4.78 is 15.6. The molecule has 21 heavy (non-hydrogen) atoms. The standard InChI is InChI=1S/C16H25NO4/c1-16(2,3)17(4)9-10-21-15(18)12-7-8-13(19-5)14(11-12)20-6/h7-8,11H,9-10H2,1-6H3/p+1. The Kier molecular flexibility index (Phi) is 6.03. The van der Waals surface area contributed by atoms with Crippen LogP contribution in [0.5, 0.6) is 11.5 Å². The molecule has 118 valence electrons. The number of likely N-dealkylation sites (N-methyl/N-ethyl adjacent to an activating group) is 1. The minimum Gasteiger partial charge on any atom is -0.493 e. The number of hydrogen-bond donors (Lipinski definition) is 1. The topological polar surface area (TPSA) is 49.2 Å². The molecular weight excluding hydrogens is 270 g/mol. The van der Waals surface area contributed by atoms with Crippen molar-refractivity contribution in [2.24, 2.45) is 0 Å². The Balaban J connectivity index is 2.60. The molecule has 0 saturated carbocycles. The fraction of sp³-hybridized carbons (Fsp3) is 0.562. The van der Waals surface area contributed by atoms with Gasteiger partial charge in [0.1, 0.15) is 13.2 Å². The van der Waals surface area contributed by atoms with E-state index in [4.69, 9.17) is 14.2 Å². The van der Waals surface area contributed by atoms with E-state index in [-0.39, 0.29) is 11.5 Å². The van der Waals surface area contributed by atoms with Gasteiger partial charge in [-0.2, -0.15) is 0 Å². The molecule has 5 heteroatoms. The second-order valence-electron chi connectivity index (χ2n) is 5.99. The van der Waals surface area contributed by atoms with Gasteiger partial charge in [0.25, 0.3) is 0 Å². The van der Waals surface area contributed by atoms with E-state index in [0.29, 0.717) is 23.7 Å². The molecule has 0 bridgehead atoms. The summed E-state index contributed by atoms with van der Waals surface area (Å²) in [5.74, 6) is 0.757. The zero-order chi connectivity index (χ0) is 16.0. The van der Waals surface area contributed by atoms with Gasteiger partial charge in [0, 0.05) is 0 Å². The molecule has 1 atom stereocenters. The number of carbonyl (C=O) groups excluding carboxylic acids is 1. The van der Waals surface area contributed by atoms with Crippen LogP contribution >= 0.6 is 0 Å². The molecule has 0 heterocycles. The van der Waals surface area contributed by atoms with E-state index >= 15 is 0 Å². The van der Waals surface area contributed by atoms with Gasteiger partial charge in [0.05, 0.1) is 32.4 Å². The highest BCUT2D eigenvalue weighted by Gasteiger charge is 2.21. The Morgan fingerprint density at radius 1 is 1.14 bits per heavy atom. The lowest BCUT2D eigenvalue weighted by molar-refractivity contribution is -0.927. The first-order valence-electron chi connectivity index (χ1n) is 7.01. The highest BCUT2D eigenvalue weighted by molar-refractivity contribution is 5.90. The number of rotatable bonds is 6. The summed E-state index contributed by atoms with van der Waals surface area (Å²) in [6.07, 6.45) is 0. The van der Waals surface area contributed by atoms with Gasteiger partial charge >= 0.3 is 5.97 Å². The zero-order valence-electron chi connectivity index (χ0n) is 13.8. The van der Waals surface area contributed by atoms with Crippen LogP contribution in [0.3, 0.4) is 0 Å². The van der Waals surface area contributed by atoms with E-state index in [1.54, 1.807) is 25.3 Å². The number of esters is 1. The van der Waals surface area contributed by atoms with Crippen molar-refractivity contribution in [1.82, 2.24) is 0 Å². The van der Waals surface area contributed by atoms with Crippen LogP contribution in [-0.4, -0.2) is 45.9 Å². The van der Waals surface area contributed by atoms with Gasteiger partial charge in [-0.3, -0.25) is 0 Å². The minimum absolute atomic E-state index is 0.135. The van der Waals surface area contributed by atoms with Crippen molar-refractivity contribution in [3.63, 3.8) is 0 Å². The maximum absolute atomic E-state index is 12.0. The highest BCUT2D eigenvalue weighted by Crippen LogP contribution is 2.27. The molecule has 0 fully saturated rings. The fourth-order valence-electron chi connectivity index (χ4n) is 1.72. The predicted octanol–water partition coefficient (Wildman–Crippen LogP) is 1.17. The van der Waals surface area contributed by atoms with E-state index in [1.807, 2.05) is 0 Å². The summed E-state index contributed by atoms with van der Waals surface area (Å²) >= 11 is 0. The van der Waals surface area contributed by atoms with Gasteiger partial charge in [0.15, 0.2) is 11.5 Å². The first kappa shape index (κ1) is 17.3. The number of methoxy groups -OCH3 is 2. The third-order valence-electron chi connectivity index (χ3n) is 3.61. The quantitative estimate of drug-likeness (QED) is 0.801. The van der Waals surface area contributed by atoms with Gasteiger partial charge in [-0.05, 0) is 39.0 Å². The zero-order valence-corrected chi connectivity index (χ0v) is 13.8. The molecule has 5 nitrogen and oxygen atoms in total. The molecule has 0 aliphatic rings. The van der Waals surface area contributed by atoms with Crippen LogP contribution in [0.1, 0.15) is 31.1 Å². The largest absolute Gasteiger partial charge is 0.493 e. The summed E-state index contributed by atoms with van der Waals surface area (Å²) in [5.41, 5.74) is 0.594. The van der Waals surface area contributed by atoms with Crippen molar-refractivity contribution in [1.29, 1.82) is 0 Å². The second-order valence-corrected chi connectivity index (χ2v) is 5.99. The van der Waals surface area contributed by atoms with Crippen LogP contribution in [0.15, 0.2) is 18.2 Å². The third kappa shape index (κ3) is 4.93. The van der Waals surface area contributed by atoms with Crippen molar-refractivity contribution in [3.05, 3.63) is 23.8 Å². The van der Waals surface area contributed by atoms with Crippen molar-refractivity contribution in [2.75, 3.05) is 34.4 Å². The minimum atomic E-state index is -0.349. The van der Waals surface area contributed by atoms with E-state index in [0.717, 1.165) is 6.54 Å². The molecule has 0 amide bonds. The highest BCUT2D eigenvalue weighted by atomic mass is 16.5. The number of ether oxygens (including phenoxy) is 3. The SMILES string of the molecule is COc1ccc(C(=O)OCC[NH+](C)C(C)(C)C)cc1OC. The Labute approximate surface area is 126 Å². The fourth-order valence-corrected chi connectivity index (χ4v) is 1.72. The van der Waals surface area contributed by atoms with Gasteiger partial charge in [-0.15, -0.1) is 0 Å². The van der Waals surface area contributed by atoms with Crippen LogP contribution in [0, 0.1) is 0 Å². The van der Waals surface area contributed by atoms with Crippen LogP contribution in [-0.2, 0) is 4.74 Å². The Morgan fingerprint density at radius 3 is 2.29 bits per heavy atom. The van der Waals surface area contributed by atoms with E-state index in [2.05, 4.69) is 27.8 Å². The maximum atomic E-state index is 12.0. The smallest absolute Gasteiger partial charge is 0.338 e. The third-order valence-corrected chi connectivity index (χ3v) is 3.61. The molecular formula is C16H26NO4+.